The first-order valence-electron chi connectivity index (χ1n) is 10.8. The summed E-state index contributed by atoms with van der Waals surface area (Å²) >= 11 is 0. The number of carbonyl (C=O) groups excluding carboxylic acids is 1. The van der Waals surface area contributed by atoms with E-state index in [0.29, 0.717) is 19.6 Å². The maximum absolute atomic E-state index is 13.1. The van der Waals surface area contributed by atoms with Crippen molar-refractivity contribution in [2.24, 2.45) is 0 Å². The largest absolute Gasteiger partial charge is 0.497 e. The third-order valence-electron chi connectivity index (χ3n) is 6.02. The number of hydrogen-bond donors (Lipinski definition) is 0. The second kappa shape index (κ2) is 8.93. The lowest BCUT2D eigenvalue weighted by atomic mass is 10.1. The summed E-state index contributed by atoms with van der Waals surface area (Å²) in [7, 11) is 1.66. The quantitative estimate of drug-likeness (QED) is 0.567. The highest BCUT2D eigenvalue weighted by molar-refractivity contribution is 5.81. The summed E-state index contributed by atoms with van der Waals surface area (Å²) in [5.74, 6) is 2.45. The molecule has 2 aliphatic rings. The fourth-order valence-corrected chi connectivity index (χ4v) is 4.40. The molecular formula is C26H26N2O4. The van der Waals surface area contributed by atoms with Crippen molar-refractivity contribution in [3.05, 3.63) is 89.5 Å². The third kappa shape index (κ3) is 4.14. The van der Waals surface area contributed by atoms with Crippen LogP contribution in [0.5, 0.6) is 17.2 Å². The van der Waals surface area contributed by atoms with Crippen molar-refractivity contribution in [3.63, 3.8) is 0 Å². The van der Waals surface area contributed by atoms with E-state index in [4.69, 9.17) is 14.2 Å². The lowest BCUT2D eigenvalue weighted by Gasteiger charge is -2.31. The maximum atomic E-state index is 13.1. The van der Waals surface area contributed by atoms with Gasteiger partial charge in [0.1, 0.15) is 11.9 Å². The number of amides is 1. The Kier molecular flexibility index (Phi) is 5.69. The molecule has 6 nitrogen and oxygen atoms in total. The standard InChI is InChI=1S/C26H26N2O4/c1-30-22-10-7-19(8-11-22)13-14-28-25(29)17-27(16-20-5-3-2-4-6-20)26(28)21-9-12-23-24(15-21)32-18-31-23/h2-12,15,26H,13-14,16-18H2,1H3. The SMILES string of the molecule is COc1ccc(CCN2C(=O)CN(Cc3ccccc3)C2c2ccc3c(c2)OCO3)cc1. The molecule has 1 fully saturated rings. The number of fused-ring (bicyclic) bond motifs is 1. The minimum absolute atomic E-state index is 0.136. The van der Waals surface area contributed by atoms with Crippen molar-refractivity contribution >= 4 is 5.91 Å². The number of hydrogen-bond acceptors (Lipinski definition) is 5. The summed E-state index contributed by atoms with van der Waals surface area (Å²) in [5, 5.41) is 0. The highest BCUT2D eigenvalue weighted by Gasteiger charge is 2.39. The van der Waals surface area contributed by atoms with E-state index in [1.807, 2.05) is 53.4 Å². The van der Waals surface area contributed by atoms with E-state index < -0.39 is 0 Å². The van der Waals surface area contributed by atoms with Crippen LogP contribution >= 0.6 is 0 Å². The fourth-order valence-electron chi connectivity index (χ4n) is 4.40. The molecule has 2 heterocycles. The summed E-state index contributed by atoms with van der Waals surface area (Å²) in [6, 6.07) is 24.3. The van der Waals surface area contributed by atoms with Crippen LogP contribution < -0.4 is 14.2 Å². The Bertz CT molecular complexity index is 1080. The van der Waals surface area contributed by atoms with Gasteiger partial charge >= 0.3 is 0 Å². The Balaban J connectivity index is 1.41. The van der Waals surface area contributed by atoms with Crippen LogP contribution in [0, 0.1) is 0 Å². The molecule has 5 rings (SSSR count). The average Bonchev–Trinajstić information content (AvgIpc) is 3.42. The molecule has 1 unspecified atom stereocenters. The Morgan fingerprint density at radius 2 is 1.72 bits per heavy atom. The molecular weight excluding hydrogens is 404 g/mol. The lowest BCUT2D eigenvalue weighted by molar-refractivity contribution is -0.128. The van der Waals surface area contributed by atoms with Crippen LogP contribution in [0.15, 0.2) is 72.8 Å². The van der Waals surface area contributed by atoms with Gasteiger partial charge in [-0.25, -0.2) is 0 Å². The molecule has 0 saturated carbocycles. The van der Waals surface area contributed by atoms with E-state index in [1.165, 1.54) is 11.1 Å². The normalized spacial score (nSPS) is 17.7. The highest BCUT2D eigenvalue weighted by Crippen LogP contribution is 2.39. The van der Waals surface area contributed by atoms with Gasteiger partial charge < -0.3 is 19.1 Å². The Morgan fingerprint density at radius 1 is 0.938 bits per heavy atom. The summed E-state index contributed by atoms with van der Waals surface area (Å²) in [4.78, 5) is 17.3. The molecule has 1 saturated heterocycles. The number of carbonyl (C=O) groups is 1. The van der Waals surface area contributed by atoms with Crippen LogP contribution in [0.4, 0.5) is 0 Å². The van der Waals surface area contributed by atoms with Crippen LogP contribution in [0.3, 0.4) is 0 Å². The molecule has 3 aromatic rings. The van der Waals surface area contributed by atoms with Gasteiger partial charge in [-0.1, -0.05) is 48.5 Å². The van der Waals surface area contributed by atoms with Crippen molar-refractivity contribution in [1.82, 2.24) is 9.80 Å². The Hall–Kier alpha value is -3.51. The van der Waals surface area contributed by atoms with Gasteiger partial charge in [-0.15, -0.1) is 0 Å². The van der Waals surface area contributed by atoms with Crippen molar-refractivity contribution < 1.29 is 19.0 Å². The van der Waals surface area contributed by atoms with Crippen molar-refractivity contribution in [2.45, 2.75) is 19.1 Å². The molecule has 2 aliphatic heterocycles. The number of methoxy groups -OCH3 is 1. The topological polar surface area (TPSA) is 51.2 Å². The van der Waals surface area contributed by atoms with Gasteiger partial charge in [0.2, 0.25) is 12.7 Å². The molecule has 0 radical (unpaired) electrons. The molecule has 1 atom stereocenters. The van der Waals surface area contributed by atoms with E-state index in [9.17, 15) is 4.79 Å². The smallest absolute Gasteiger partial charge is 0.238 e. The number of benzene rings is 3. The molecule has 1 amide bonds. The summed E-state index contributed by atoms with van der Waals surface area (Å²) in [5.41, 5.74) is 3.39. The van der Waals surface area contributed by atoms with E-state index in [1.54, 1.807) is 7.11 Å². The Morgan fingerprint density at radius 3 is 2.50 bits per heavy atom. The van der Waals surface area contributed by atoms with Crippen LogP contribution in [0.25, 0.3) is 0 Å². The molecule has 0 bridgehead atoms. The van der Waals surface area contributed by atoms with E-state index >= 15 is 0 Å². The predicted octanol–water partition coefficient (Wildman–Crippen LogP) is 4.01. The minimum atomic E-state index is -0.157. The van der Waals surface area contributed by atoms with Gasteiger partial charge in [0.05, 0.1) is 13.7 Å². The zero-order valence-corrected chi connectivity index (χ0v) is 18.1. The summed E-state index contributed by atoms with van der Waals surface area (Å²) < 4.78 is 16.3. The van der Waals surface area contributed by atoms with Crippen LogP contribution in [-0.2, 0) is 17.8 Å². The highest BCUT2D eigenvalue weighted by atomic mass is 16.7. The van der Waals surface area contributed by atoms with Gasteiger partial charge in [0.15, 0.2) is 11.5 Å². The zero-order valence-electron chi connectivity index (χ0n) is 18.1. The molecule has 6 heteroatoms. The van der Waals surface area contributed by atoms with Crippen molar-refractivity contribution in [1.29, 1.82) is 0 Å². The zero-order chi connectivity index (χ0) is 21.9. The third-order valence-corrected chi connectivity index (χ3v) is 6.02. The average molecular weight is 431 g/mol. The lowest BCUT2D eigenvalue weighted by Crippen LogP contribution is -2.33. The number of ether oxygens (including phenoxy) is 3. The maximum Gasteiger partial charge on any atom is 0.238 e. The first-order chi connectivity index (χ1) is 15.7. The summed E-state index contributed by atoms with van der Waals surface area (Å²) in [6.45, 7) is 1.95. The van der Waals surface area contributed by atoms with Gasteiger partial charge in [0, 0.05) is 13.1 Å². The van der Waals surface area contributed by atoms with Gasteiger partial charge in [-0.2, -0.15) is 0 Å². The Labute approximate surface area is 187 Å². The minimum Gasteiger partial charge on any atom is -0.497 e. The first kappa shape index (κ1) is 20.4. The molecule has 0 aliphatic carbocycles. The van der Waals surface area contributed by atoms with Crippen LogP contribution in [0.1, 0.15) is 22.9 Å². The fraction of sp³-hybridized carbons (Fsp3) is 0.269. The summed E-state index contributed by atoms with van der Waals surface area (Å²) in [6.07, 6.45) is 0.617. The second-order valence-corrected chi connectivity index (χ2v) is 8.06. The molecule has 0 aromatic heterocycles. The van der Waals surface area contributed by atoms with Gasteiger partial charge in [-0.05, 0) is 47.4 Å². The monoisotopic (exact) mass is 430 g/mol. The van der Waals surface area contributed by atoms with E-state index in [0.717, 1.165) is 29.2 Å². The molecule has 0 N–H and O–H groups in total. The second-order valence-electron chi connectivity index (χ2n) is 8.06. The van der Waals surface area contributed by atoms with E-state index in [-0.39, 0.29) is 18.9 Å². The van der Waals surface area contributed by atoms with Gasteiger partial charge in [-0.3, -0.25) is 9.69 Å². The van der Waals surface area contributed by atoms with Gasteiger partial charge in [0.25, 0.3) is 0 Å². The van der Waals surface area contributed by atoms with Crippen LogP contribution in [-0.4, -0.2) is 42.7 Å². The molecule has 0 spiro atoms. The molecule has 32 heavy (non-hydrogen) atoms. The molecule has 164 valence electrons. The van der Waals surface area contributed by atoms with E-state index in [2.05, 4.69) is 29.2 Å². The van der Waals surface area contributed by atoms with Crippen molar-refractivity contribution in [3.8, 4) is 17.2 Å². The predicted molar refractivity (Wildman–Crippen MR) is 121 cm³/mol. The van der Waals surface area contributed by atoms with Crippen LogP contribution in [0.2, 0.25) is 0 Å². The number of rotatable bonds is 7. The van der Waals surface area contributed by atoms with Crippen molar-refractivity contribution in [2.75, 3.05) is 27.0 Å². The first-order valence-corrected chi connectivity index (χ1v) is 10.8. The molecule has 3 aromatic carbocycles. The number of nitrogens with zero attached hydrogens (tertiary/aromatic N) is 2.